The maximum atomic E-state index is 12.1. The summed E-state index contributed by atoms with van der Waals surface area (Å²) in [5.41, 5.74) is 7.09. The molecule has 0 atom stereocenters. The predicted molar refractivity (Wildman–Crippen MR) is 119 cm³/mol. The topological polar surface area (TPSA) is 72.0 Å². The molecule has 0 aromatic heterocycles. The third kappa shape index (κ3) is 5.61. The Bertz CT molecular complexity index is 1050. The van der Waals surface area contributed by atoms with Crippen LogP contribution in [0, 0.1) is 13.8 Å². The number of hydrogen-bond acceptors (Lipinski definition) is 4. The van der Waals surface area contributed by atoms with Crippen LogP contribution in [0.2, 0.25) is 0 Å². The van der Waals surface area contributed by atoms with Crippen molar-refractivity contribution in [2.45, 2.75) is 20.5 Å². The number of anilines is 1. The van der Waals surface area contributed by atoms with Crippen molar-refractivity contribution in [2.24, 2.45) is 5.10 Å². The van der Waals surface area contributed by atoms with E-state index < -0.39 is 6.03 Å². The molecule has 0 unspecified atom stereocenters. The second-order valence-electron chi connectivity index (χ2n) is 6.80. The van der Waals surface area contributed by atoms with E-state index in [0.29, 0.717) is 23.7 Å². The van der Waals surface area contributed by atoms with Gasteiger partial charge in [0.05, 0.1) is 13.3 Å². The molecule has 0 radical (unpaired) electrons. The number of aryl methyl sites for hydroxylation is 2. The van der Waals surface area contributed by atoms with E-state index in [2.05, 4.69) is 21.9 Å². The molecule has 0 spiro atoms. The van der Waals surface area contributed by atoms with Gasteiger partial charge in [0.25, 0.3) is 0 Å². The van der Waals surface area contributed by atoms with E-state index in [9.17, 15) is 4.79 Å². The van der Waals surface area contributed by atoms with Crippen molar-refractivity contribution in [1.82, 2.24) is 5.43 Å². The molecule has 6 nitrogen and oxygen atoms in total. The predicted octanol–water partition coefficient (Wildman–Crippen LogP) is 5.05. The number of nitrogens with zero attached hydrogens (tertiary/aromatic N) is 1. The normalized spacial score (nSPS) is 10.6. The number of urea groups is 1. The van der Waals surface area contributed by atoms with Crippen LogP contribution in [0.1, 0.15) is 22.3 Å². The first-order chi connectivity index (χ1) is 14.6. The standard InChI is InChI=1S/C24H25N3O3/c1-17-8-6-10-19(14-17)16-30-23-20(11-7-13-22(23)29-3)15-25-27-24(28)26-21-12-5-4-9-18(21)2/h4-15H,16H2,1-3H3,(H2,26,27,28)/b25-15-. The number of nitrogens with one attached hydrogen (secondary N) is 2. The van der Waals surface area contributed by atoms with Gasteiger partial charge in [0, 0.05) is 11.3 Å². The average Bonchev–Trinajstić information content (AvgIpc) is 2.74. The largest absolute Gasteiger partial charge is 0.493 e. The Morgan fingerprint density at radius 1 is 1.03 bits per heavy atom. The molecule has 0 heterocycles. The summed E-state index contributed by atoms with van der Waals surface area (Å²) in [6, 6.07) is 20.7. The van der Waals surface area contributed by atoms with Crippen molar-refractivity contribution in [3.8, 4) is 11.5 Å². The van der Waals surface area contributed by atoms with Gasteiger partial charge in [0.2, 0.25) is 0 Å². The van der Waals surface area contributed by atoms with Crippen molar-refractivity contribution in [3.05, 3.63) is 89.0 Å². The Hall–Kier alpha value is -3.80. The number of para-hydroxylation sites is 2. The highest BCUT2D eigenvalue weighted by Gasteiger charge is 2.10. The fourth-order valence-corrected chi connectivity index (χ4v) is 2.93. The first-order valence-electron chi connectivity index (χ1n) is 9.58. The van der Waals surface area contributed by atoms with Gasteiger partial charge in [-0.25, -0.2) is 10.2 Å². The number of amides is 2. The fraction of sp³-hybridized carbons (Fsp3) is 0.167. The lowest BCUT2D eigenvalue weighted by Gasteiger charge is -2.13. The van der Waals surface area contributed by atoms with Crippen LogP contribution in [0.25, 0.3) is 0 Å². The van der Waals surface area contributed by atoms with Crippen LogP contribution in [0.5, 0.6) is 11.5 Å². The molecule has 0 aliphatic heterocycles. The van der Waals surface area contributed by atoms with Gasteiger partial charge >= 0.3 is 6.03 Å². The van der Waals surface area contributed by atoms with Crippen LogP contribution in [0.15, 0.2) is 71.8 Å². The molecule has 0 saturated carbocycles. The summed E-state index contributed by atoms with van der Waals surface area (Å²) in [4.78, 5) is 12.1. The lowest BCUT2D eigenvalue weighted by Crippen LogP contribution is -2.24. The first kappa shape index (κ1) is 20.9. The number of hydrazone groups is 1. The summed E-state index contributed by atoms with van der Waals surface area (Å²) in [7, 11) is 1.59. The van der Waals surface area contributed by atoms with Gasteiger partial charge < -0.3 is 14.8 Å². The molecule has 0 bridgehead atoms. The number of rotatable bonds is 7. The maximum absolute atomic E-state index is 12.1. The van der Waals surface area contributed by atoms with Crippen molar-refractivity contribution in [2.75, 3.05) is 12.4 Å². The number of ether oxygens (including phenoxy) is 2. The summed E-state index contributed by atoms with van der Waals surface area (Å²) in [5.74, 6) is 1.15. The first-order valence-corrected chi connectivity index (χ1v) is 9.58. The van der Waals surface area contributed by atoms with E-state index >= 15 is 0 Å². The third-order valence-electron chi connectivity index (χ3n) is 4.46. The van der Waals surface area contributed by atoms with Gasteiger partial charge in [-0.3, -0.25) is 0 Å². The van der Waals surface area contributed by atoms with E-state index in [4.69, 9.17) is 9.47 Å². The second-order valence-corrected chi connectivity index (χ2v) is 6.80. The highest BCUT2D eigenvalue weighted by atomic mass is 16.5. The molecule has 0 saturated heterocycles. The monoisotopic (exact) mass is 403 g/mol. The van der Waals surface area contributed by atoms with Crippen LogP contribution in [0.3, 0.4) is 0 Å². The molecule has 3 aromatic carbocycles. The van der Waals surface area contributed by atoms with Crippen molar-refractivity contribution in [1.29, 1.82) is 0 Å². The zero-order chi connectivity index (χ0) is 21.3. The summed E-state index contributed by atoms with van der Waals surface area (Å²) in [5, 5.41) is 6.82. The third-order valence-corrected chi connectivity index (χ3v) is 4.46. The number of carbonyl (C=O) groups is 1. The van der Waals surface area contributed by atoms with Crippen molar-refractivity contribution in [3.63, 3.8) is 0 Å². The molecule has 0 aliphatic rings. The molecular weight excluding hydrogens is 378 g/mol. The fourth-order valence-electron chi connectivity index (χ4n) is 2.93. The Kier molecular flexibility index (Phi) is 7.05. The zero-order valence-electron chi connectivity index (χ0n) is 17.3. The Balaban J connectivity index is 1.69. The van der Waals surface area contributed by atoms with Gasteiger partial charge in [-0.2, -0.15) is 5.10 Å². The summed E-state index contributed by atoms with van der Waals surface area (Å²) < 4.78 is 11.5. The molecular formula is C24H25N3O3. The van der Waals surface area contributed by atoms with E-state index in [-0.39, 0.29) is 0 Å². The number of benzene rings is 3. The van der Waals surface area contributed by atoms with Gasteiger partial charge in [0.15, 0.2) is 11.5 Å². The minimum Gasteiger partial charge on any atom is -0.493 e. The molecule has 2 amide bonds. The Labute approximate surface area is 176 Å². The van der Waals surface area contributed by atoms with Crippen LogP contribution in [-0.4, -0.2) is 19.4 Å². The van der Waals surface area contributed by atoms with Gasteiger partial charge in [-0.15, -0.1) is 0 Å². The SMILES string of the molecule is COc1cccc(/C=N\NC(=O)Nc2ccccc2C)c1OCc1cccc(C)c1. The van der Waals surface area contributed by atoms with E-state index in [1.807, 2.05) is 74.5 Å². The number of hydrogen-bond donors (Lipinski definition) is 2. The molecule has 3 rings (SSSR count). The maximum Gasteiger partial charge on any atom is 0.339 e. The highest BCUT2D eigenvalue weighted by Crippen LogP contribution is 2.30. The number of carbonyl (C=O) groups excluding carboxylic acids is 1. The van der Waals surface area contributed by atoms with E-state index in [1.165, 1.54) is 11.8 Å². The summed E-state index contributed by atoms with van der Waals surface area (Å²) >= 11 is 0. The van der Waals surface area contributed by atoms with Crippen LogP contribution >= 0.6 is 0 Å². The summed E-state index contributed by atoms with van der Waals surface area (Å²) in [6.45, 7) is 4.36. The molecule has 3 aromatic rings. The highest BCUT2D eigenvalue weighted by molar-refractivity contribution is 5.91. The molecule has 6 heteroatoms. The van der Waals surface area contributed by atoms with Gasteiger partial charge in [-0.1, -0.05) is 54.1 Å². The molecule has 2 N–H and O–H groups in total. The number of methoxy groups -OCH3 is 1. The molecule has 154 valence electrons. The van der Waals surface area contributed by atoms with Crippen LogP contribution in [0.4, 0.5) is 10.5 Å². The van der Waals surface area contributed by atoms with Gasteiger partial charge in [-0.05, 0) is 43.2 Å². The van der Waals surface area contributed by atoms with E-state index in [1.54, 1.807) is 7.11 Å². The van der Waals surface area contributed by atoms with Crippen molar-refractivity contribution >= 4 is 17.9 Å². The zero-order valence-corrected chi connectivity index (χ0v) is 17.3. The minimum atomic E-state index is -0.425. The molecule has 0 aliphatic carbocycles. The quantitative estimate of drug-likeness (QED) is 0.428. The lowest BCUT2D eigenvalue weighted by atomic mass is 10.1. The average molecular weight is 403 g/mol. The van der Waals surface area contributed by atoms with Crippen molar-refractivity contribution < 1.29 is 14.3 Å². The minimum absolute atomic E-state index is 0.393. The Morgan fingerprint density at radius 3 is 2.60 bits per heavy atom. The van der Waals surface area contributed by atoms with Crippen LogP contribution < -0.4 is 20.2 Å². The summed E-state index contributed by atoms with van der Waals surface area (Å²) in [6.07, 6.45) is 1.53. The van der Waals surface area contributed by atoms with Crippen LogP contribution in [-0.2, 0) is 6.61 Å². The Morgan fingerprint density at radius 2 is 1.83 bits per heavy atom. The lowest BCUT2D eigenvalue weighted by molar-refractivity contribution is 0.252. The van der Waals surface area contributed by atoms with Gasteiger partial charge in [0.1, 0.15) is 6.61 Å². The van der Waals surface area contributed by atoms with E-state index in [0.717, 1.165) is 16.8 Å². The molecule has 30 heavy (non-hydrogen) atoms. The molecule has 0 fully saturated rings. The second kappa shape index (κ2) is 10.1. The smallest absolute Gasteiger partial charge is 0.339 e.